The van der Waals surface area contributed by atoms with Crippen molar-refractivity contribution in [2.24, 2.45) is 0 Å². The normalized spacial score (nSPS) is 18.5. The summed E-state index contributed by atoms with van der Waals surface area (Å²) in [6.45, 7) is 6.85. The molecule has 0 aliphatic carbocycles. The van der Waals surface area contributed by atoms with Crippen LogP contribution < -0.4 is 10.6 Å². The van der Waals surface area contributed by atoms with Crippen LogP contribution in [-0.4, -0.2) is 140 Å². The second-order valence-corrected chi connectivity index (χ2v) is 15.9. The minimum atomic E-state index is -1.35. The first-order chi connectivity index (χ1) is 27.7. The van der Waals surface area contributed by atoms with E-state index in [4.69, 9.17) is 9.97 Å². The van der Waals surface area contributed by atoms with Crippen LogP contribution in [0.1, 0.15) is 73.4 Å². The fourth-order valence-corrected chi connectivity index (χ4v) is 8.49. The van der Waals surface area contributed by atoms with E-state index in [1.54, 1.807) is 0 Å². The highest BCUT2D eigenvalue weighted by Gasteiger charge is 2.39. The second-order valence-electron chi connectivity index (χ2n) is 15.9. The number of hydrogen-bond acceptors (Lipinski definition) is 10. The predicted molar refractivity (Wildman–Crippen MR) is 220 cm³/mol. The molecule has 6 N–H and O–H groups in total. The number of carbonyl (C=O) groups is 4. The summed E-state index contributed by atoms with van der Waals surface area (Å²) in [6.07, 6.45) is 5.31. The number of imide groups is 2. The van der Waals surface area contributed by atoms with Crippen molar-refractivity contribution in [2.45, 2.75) is 76.5 Å². The number of nitrogens with zero attached hydrogens (tertiary/aromatic N) is 6. The smallest absolute Gasteiger partial charge is 0.411 e. The number of rotatable bonds is 15. The van der Waals surface area contributed by atoms with Crippen LogP contribution in [0.4, 0.5) is 9.59 Å². The van der Waals surface area contributed by atoms with Gasteiger partial charge in [0.05, 0.1) is 47.9 Å². The van der Waals surface area contributed by atoms with Crippen LogP contribution in [0.15, 0.2) is 48.8 Å². The number of H-pyrrole nitrogens is 2. The number of nitrogens with one attached hydrogen (secondary N) is 4. The van der Waals surface area contributed by atoms with Gasteiger partial charge in [0, 0.05) is 5.56 Å². The quantitative estimate of drug-likeness (QED) is 0.0914. The lowest BCUT2D eigenvalue weighted by Crippen LogP contribution is -2.49. The van der Waals surface area contributed by atoms with Gasteiger partial charge >= 0.3 is 12.2 Å². The molecule has 2 unspecified atom stereocenters. The van der Waals surface area contributed by atoms with Crippen LogP contribution in [0.5, 0.6) is 0 Å². The Bertz CT molecular complexity index is 2090. The molecule has 16 heteroatoms. The number of benzene rings is 2. The molecule has 58 heavy (non-hydrogen) atoms. The van der Waals surface area contributed by atoms with Crippen molar-refractivity contribution in [3.63, 3.8) is 0 Å². The lowest BCUT2D eigenvalue weighted by molar-refractivity contribution is -0.127. The van der Waals surface area contributed by atoms with Gasteiger partial charge in [-0.25, -0.2) is 19.6 Å². The highest BCUT2D eigenvalue weighted by atomic mass is 16.4. The third kappa shape index (κ3) is 9.64. The zero-order chi connectivity index (χ0) is 41.7. The average Bonchev–Trinajstić information content (AvgIpc) is 4.00. The van der Waals surface area contributed by atoms with Crippen LogP contribution >= 0.6 is 0 Å². The molecule has 0 spiro atoms. The Morgan fingerprint density at radius 3 is 1.60 bits per heavy atom. The van der Waals surface area contributed by atoms with Gasteiger partial charge in [-0.1, -0.05) is 36.4 Å². The van der Waals surface area contributed by atoms with Gasteiger partial charge < -0.3 is 30.0 Å². The van der Waals surface area contributed by atoms with E-state index < -0.39 is 36.1 Å². The van der Waals surface area contributed by atoms with Crippen molar-refractivity contribution < 1.29 is 29.4 Å². The topological polar surface area (TPSA) is 203 Å². The summed E-state index contributed by atoms with van der Waals surface area (Å²) in [5.41, 5.74) is 8.18. The SMILES string of the molecule is Cc1c(-c2ccc(-c3cnc(C4CCCN4[C@@H](CCN(C)C)C(=O)NC(=O)O)[nH]3)cc2)ccc(-c2cnc(C3CCCN3[C@@H](CCN(C)C)C(=O)NC(=O)O)[nH]2)c1C. The molecule has 0 radical (unpaired) electrons. The zero-order valence-electron chi connectivity index (χ0n) is 34.2. The van der Waals surface area contributed by atoms with Gasteiger partial charge in [-0.3, -0.25) is 30.0 Å². The highest BCUT2D eigenvalue weighted by Crippen LogP contribution is 2.38. The molecule has 0 saturated carbocycles. The van der Waals surface area contributed by atoms with Gasteiger partial charge in [0.2, 0.25) is 11.8 Å². The van der Waals surface area contributed by atoms with Crippen LogP contribution in [0.25, 0.3) is 33.6 Å². The number of aromatic amines is 2. The first kappa shape index (κ1) is 42.2. The Morgan fingerprint density at radius 2 is 1.12 bits per heavy atom. The van der Waals surface area contributed by atoms with Gasteiger partial charge in [0.15, 0.2) is 0 Å². The number of carbonyl (C=O) groups excluding carboxylic acids is 2. The fraction of sp³-hybridized carbons (Fsp3) is 0.476. The molecule has 2 aliphatic heterocycles. The van der Waals surface area contributed by atoms with Crippen LogP contribution in [0.3, 0.4) is 0 Å². The molecule has 2 aliphatic rings. The maximum absolute atomic E-state index is 13.0. The highest BCUT2D eigenvalue weighted by molar-refractivity contribution is 5.94. The predicted octanol–water partition coefficient (Wildman–Crippen LogP) is 5.25. The number of likely N-dealkylation sites (tertiary alicyclic amines) is 2. The van der Waals surface area contributed by atoms with Gasteiger partial charge in [-0.2, -0.15) is 0 Å². The minimum Gasteiger partial charge on any atom is -0.465 e. The Balaban J connectivity index is 1.17. The van der Waals surface area contributed by atoms with E-state index in [1.165, 1.54) is 0 Å². The van der Waals surface area contributed by atoms with E-state index in [9.17, 15) is 29.4 Å². The number of amides is 4. The first-order valence-electron chi connectivity index (χ1n) is 19.9. The maximum Gasteiger partial charge on any atom is 0.411 e. The van der Waals surface area contributed by atoms with Crippen LogP contribution in [-0.2, 0) is 9.59 Å². The van der Waals surface area contributed by atoms with E-state index >= 15 is 0 Å². The molecule has 2 aromatic heterocycles. The van der Waals surface area contributed by atoms with Crippen LogP contribution in [0, 0.1) is 13.8 Å². The maximum atomic E-state index is 13.0. The molecule has 16 nitrogen and oxygen atoms in total. The molecule has 2 saturated heterocycles. The van der Waals surface area contributed by atoms with E-state index in [1.807, 2.05) is 50.4 Å². The first-order valence-corrected chi connectivity index (χ1v) is 19.9. The summed E-state index contributed by atoms with van der Waals surface area (Å²) in [7, 11) is 7.72. The second kappa shape index (κ2) is 18.4. The molecule has 6 rings (SSSR count). The molecular formula is C42H56N10O6. The van der Waals surface area contributed by atoms with E-state index in [0.29, 0.717) is 39.0 Å². The summed E-state index contributed by atoms with van der Waals surface area (Å²) in [4.78, 5) is 73.4. The van der Waals surface area contributed by atoms with Gasteiger partial charge in [0.25, 0.3) is 0 Å². The molecular weight excluding hydrogens is 741 g/mol. The van der Waals surface area contributed by atoms with E-state index in [0.717, 1.165) is 82.1 Å². The number of hydrogen-bond donors (Lipinski definition) is 6. The fourth-order valence-electron chi connectivity index (χ4n) is 8.49. The standard InChI is InChI=1S/C42H56N10O6/c1-25-26(2)30(32-24-44-38(46-32)34-10-8-20-52(34)36(18-22-50(5)6)40(54)48-42(57)58)16-15-29(25)27-11-13-28(14-12-27)31-23-43-37(45-31)33-9-7-19-51(33)35(17-21-49(3)4)39(53)47-41(55)56/h11-16,23-24,33-36H,7-10,17-22H2,1-6H3,(H,43,45)(H,44,46)(H,47,53)(H,48,54)(H,55,56)(H,57,58)/t33?,34?,35-,36-/m0/s1. The van der Waals surface area contributed by atoms with Gasteiger partial charge in [-0.05, 0) is 135 Å². The largest absolute Gasteiger partial charge is 0.465 e. The lowest BCUT2D eigenvalue weighted by Gasteiger charge is -2.31. The van der Waals surface area contributed by atoms with E-state index in [-0.39, 0.29) is 12.1 Å². The molecule has 4 heterocycles. The van der Waals surface area contributed by atoms with Gasteiger partial charge in [-0.15, -0.1) is 0 Å². The van der Waals surface area contributed by atoms with E-state index in [2.05, 4.69) is 80.6 Å². The molecule has 310 valence electrons. The Hall–Kier alpha value is -5.42. The molecule has 0 bridgehead atoms. The summed E-state index contributed by atoms with van der Waals surface area (Å²) >= 11 is 0. The monoisotopic (exact) mass is 796 g/mol. The zero-order valence-corrected chi connectivity index (χ0v) is 34.2. The van der Waals surface area contributed by atoms with Crippen molar-refractivity contribution in [2.75, 3.05) is 54.4 Å². The minimum absolute atomic E-state index is 0.137. The molecule has 2 fully saturated rings. The van der Waals surface area contributed by atoms with Crippen molar-refractivity contribution >= 4 is 24.0 Å². The Kier molecular flexibility index (Phi) is 13.4. The van der Waals surface area contributed by atoms with Crippen molar-refractivity contribution in [1.29, 1.82) is 0 Å². The molecule has 4 atom stereocenters. The summed E-state index contributed by atoms with van der Waals surface area (Å²) < 4.78 is 0. The third-order valence-corrected chi connectivity index (χ3v) is 11.6. The van der Waals surface area contributed by atoms with Crippen molar-refractivity contribution in [3.05, 3.63) is 71.6 Å². The molecule has 4 aromatic rings. The van der Waals surface area contributed by atoms with Crippen LogP contribution in [0.2, 0.25) is 0 Å². The number of imidazole rings is 2. The Morgan fingerprint density at radius 1 is 0.690 bits per heavy atom. The van der Waals surface area contributed by atoms with Crippen molar-refractivity contribution in [1.82, 2.24) is 50.2 Å². The summed E-state index contributed by atoms with van der Waals surface area (Å²) in [5, 5.41) is 22.7. The average molecular weight is 797 g/mol. The summed E-state index contributed by atoms with van der Waals surface area (Å²) in [6, 6.07) is 11.1. The molecule has 4 amide bonds. The Labute approximate surface area is 339 Å². The molecule has 2 aromatic carbocycles. The summed E-state index contributed by atoms with van der Waals surface area (Å²) in [5.74, 6) is 0.491. The third-order valence-electron chi connectivity index (χ3n) is 11.6. The number of aromatic nitrogens is 4. The lowest BCUT2D eigenvalue weighted by atomic mass is 9.92. The van der Waals surface area contributed by atoms with Crippen molar-refractivity contribution in [3.8, 4) is 33.6 Å². The number of carboxylic acid groups (broad SMARTS) is 2. The van der Waals surface area contributed by atoms with Gasteiger partial charge in [0.1, 0.15) is 11.6 Å².